The van der Waals surface area contributed by atoms with Crippen LogP contribution >= 0.6 is 0 Å². The predicted octanol–water partition coefficient (Wildman–Crippen LogP) is 2.18. The van der Waals surface area contributed by atoms with Gasteiger partial charge in [0.1, 0.15) is 0 Å². The van der Waals surface area contributed by atoms with Gasteiger partial charge in [-0.2, -0.15) is 0 Å². The second kappa shape index (κ2) is 4.60. The van der Waals surface area contributed by atoms with Crippen LogP contribution in [0.4, 0.5) is 0 Å². The highest BCUT2D eigenvalue weighted by atomic mass is 32.2. The van der Waals surface area contributed by atoms with E-state index in [0.717, 1.165) is 36.8 Å². The number of rotatable bonds is 2. The van der Waals surface area contributed by atoms with E-state index >= 15 is 0 Å². The number of sulfone groups is 1. The predicted molar refractivity (Wildman–Crippen MR) is 76.0 cm³/mol. The van der Waals surface area contributed by atoms with Crippen molar-refractivity contribution in [2.24, 2.45) is 5.73 Å². The summed E-state index contributed by atoms with van der Waals surface area (Å²) in [5, 5.41) is 0. The fourth-order valence-corrected chi connectivity index (χ4v) is 5.61. The Morgan fingerprint density at radius 1 is 1.16 bits per heavy atom. The van der Waals surface area contributed by atoms with E-state index in [-0.39, 0.29) is 11.2 Å². The Morgan fingerprint density at radius 3 is 2.58 bits per heavy atom. The van der Waals surface area contributed by atoms with Crippen molar-refractivity contribution in [2.75, 3.05) is 12.3 Å². The van der Waals surface area contributed by atoms with Gasteiger partial charge in [0, 0.05) is 12.0 Å². The van der Waals surface area contributed by atoms with Gasteiger partial charge in [0.05, 0.1) is 10.6 Å². The Hall–Kier alpha value is -0.870. The lowest BCUT2D eigenvalue weighted by atomic mass is 9.69. The highest BCUT2D eigenvalue weighted by molar-refractivity contribution is 7.91. The fourth-order valence-electron chi connectivity index (χ4n) is 3.72. The van der Waals surface area contributed by atoms with Crippen molar-refractivity contribution in [3.05, 3.63) is 29.3 Å². The highest BCUT2D eigenvalue weighted by Crippen LogP contribution is 2.43. The molecule has 104 valence electrons. The van der Waals surface area contributed by atoms with Crippen LogP contribution in [-0.4, -0.2) is 20.7 Å². The summed E-state index contributed by atoms with van der Waals surface area (Å²) < 4.78 is 24.7. The molecule has 2 N–H and O–H groups in total. The van der Waals surface area contributed by atoms with Gasteiger partial charge < -0.3 is 5.73 Å². The molecule has 0 atom stereocenters. The number of aryl methyl sites for hydroxylation is 1. The van der Waals surface area contributed by atoms with Gasteiger partial charge in [-0.15, -0.1) is 0 Å². The molecular formula is C15H21NO2S. The Balaban J connectivity index is 2.18. The summed E-state index contributed by atoms with van der Waals surface area (Å²) in [5.41, 5.74) is 7.95. The van der Waals surface area contributed by atoms with E-state index in [2.05, 4.69) is 0 Å². The molecule has 0 amide bonds. The van der Waals surface area contributed by atoms with Gasteiger partial charge in [0.15, 0.2) is 9.84 Å². The Kier molecular flexibility index (Phi) is 3.18. The Labute approximate surface area is 115 Å². The summed E-state index contributed by atoms with van der Waals surface area (Å²) in [6.07, 6.45) is 6.25. The van der Waals surface area contributed by atoms with Crippen molar-refractivity contribution in [1.29, 1.82) is 0 Å². The summed E-state index contributed by atoms with van der Waals surface area (Å²) in [6.45, 7) is 0.555. The summed E-state index contributed by atoms with van der Waals surface area (Å²) in [4.78, 5) is 0.613. The van der Waals surface area contributed by atoms with Gasteiger partial charge in [-0.25, -0.2) is 8.42 Å². The minimum absolute atomic E-state index is 0.110. The first-order chi connectivity index (χ1) is 9.09. The summed E-state index contributed by atoms with van der Waals surface area (Å²) in [6, 6.07) is 5.96. The van der Waals surface area contributed by atoms with Gasteiger partial charge >= 0.3 is 0 Å². The zero-order valence-corrected chi connectivity index (χ0v) is 12.0. The Bertz CT molecular complexity index is 586. The van der Waals surface area contributed by atoms with Crippen molar-refractivity contribution in [1.82, 2.24) is 0 Å². The average molecular weight is 279 g/mol. The van der Waals surface area contributed by atoms with Crippen LogP contribution in [0.3, 0.4) is 0 Å². The van der Waals surface area contributed by atoms with E-state index in [0.29, 0.717) is 17.9 Å². The van der Waals surface area contributed by atoms with Crippen LogP contribution in [0.5, 0.6) is 0 Å². The molecule has 1 fully saturated rings. The maximum Gasteiger partial charge on any atom is 0.179 e. The van der Waals surface area contributed by atoms with Crippen molar-refractivity contribution in [2.45, 2.75) is 48.8 Å². The molecule has 0 unspecified atom stereocenters. The molecule has 0 bridgehead atoms. The molecule has 19 heavy (non-hydrogen) atoms. The topological polar surface area (TPSA) is 60.2 Å². The van der Waals surface area contributed by atoms with E-state index in [4.69, 9.17) is 5.73 Å². The first-order valence-electron chi connectivity index (χ1n) is 7.14. The lowest BCUT2D eigenvalue weighted by molar-refractivity contribution is 0.296. The molecular weight excluding hydrogens is 258 g/mol. The molecule has 4 heteroatoms. The summed E-state index contributed by atoms with van der Waals surface area (Å²) in [7, 11) is -3.09. The minimum atomic E-state index is -3.09. The van der Waals surface area contributed by atoms with Crippen LogP contribution in [0.2, 0.25) is 0 Å². The second-order valence-electron chi connectivity index (χ2n) is 5.91. The number of fused-ring (bicyclic) bond motifs is 1. The van der Waals surface area contributed by atoms with E-state index in [1.165, 1.54) is 6.42 Å². The van der Waals surface area contributed by atoms with E-state index in [9.17, 15) is 8.42 Å². The smallest absolute Gasteiger partial charge is 0.179 e. The fraction of sp³-hybridized carbons (Fsp3) is 0.600. The number of nitrogens with two attached hydrogens (primary N) is 1. The van der Waals surface area contributed by atoms with Crippen LogP contribution in [0.25, 0.3) is 0 Å². The van der Waals surface area contributed by atoms with Crippen LogP contribution in [0, 0.1) is 0 Å². The van der Waals surface area contributed by atoms with E-state index < -0.39 is 9.84 Å². The lowest BCUT2D eigenvalue weighted by Crippen LogP contribution is -2.38. The molecule has 0 spiro atoms. The van der Waals surface area contributed by atoms with Crippen LogP contribution < -0.4 is 5.73 Å². The second-order valence-corrected chi connectivity index (χ2v) is 7.95. The summed E-state index contributed by atoms with van der Waals surface area (Å²) in [5.74, 6) is 0.264. The molecule has 1 heterocycles. The third-order valence-corrected chi connectivity index (χ3v) is 6.67. The first-order valence-corrected chi connectivity index (χ1v) is 8.79. The third-order valence-electron chi connectivity index (χ3n) is 4.82. The van der Waals surface area contributed by atoms with Crippen molar-refractivity contribution in [3.8, 4) is 0 Å². The zero-order valence-electron chi connectivity index (χ0n) is 11.2. The normalized spacial score (nSPS) is 24.1. The van der Waals surface area contributed by atoms with Gasteiger partial charge in [0.25, 0.3) is 0 Å². The maximum absolute atomic E-state index is 12.3. The first kappa shape index (κ1) is 13.1. The van der Waals surface area contributed by atoms with Gasteiger partial charge in [-0.1, -0.05) is 37.5 Å². The standard InChI is InChI=1S/C15H21NO2S/c16-11-15(8-2-1-3-9-15)13-6-4-5-12-7-10-19(17,18)14(12)13/h4-6H,1-3,7-11,16H2. The molecule has 1 aromatic rings. The van der Waals surface area contributed by atoms with Gasteiger partial charge in [0.2, 0.25) is 0 Å². The Morgan fingerprint density at radius 2 is 1.89 bits per heavy atom. The van der Waals surface area contributed by atoms with E-state index in [1.54, 1.807) is 0 Å². The largest absolute Gasteiger partial charge is 0.330 e. The van der Waals surface area contributed by atoms with Crippen molar-refractivity contribution in [3.63, 3.8) is 0 Å². The van der Waals surface area contributed by atoms with Gasteiger partial charge in [-0.05, 0) is 30.4 Å². The number of benzene rings is 1. The van der Waals surface area contributed by atoms with Crippen molar-refractivity contribution >= 4 is 9.84 Å². The maximum atomic E-state index is 12.3. The van der Waals surface area contributed by atoms with Crippen molar-refractivity contribution < 1.29 is 8.42 Å². The molecule has 0 saturated heterocycles. The zero-order chi connectivity index (χ0) is 13.5. The minimum Gasteiger partial charge on any atom is -0.330 e. The molecule has 0 aromatic heterocycles. The van der Waals surface area contributed by atoms with Gasteiger partial charge in [-0.3, -0.25) is 0 Å². The lowest BCUT2D eigenvalue weighted by Gasteiger charge is -2.38. The SMILES string of the molecule is NCC1(c2cccc3c2S(=O)(=O)CC3)CCCCC1. The molecule has 1 aliphatic carbocycles. The van der Waals surface area contributed by atoms with Crippen LogP contribution in [-0.2, 0) is 21.7 Å². The molecule has 2 aliphatic rings. The molecule has 1 saturated carbocycles. The van der Waals surface area contributed by atoms with Crippen LogP contribution in [0.15, 0.2) is 23.1 Å². The average Bonchev–Trinajstić information content (AvgIpc) is 2.76. The van der Waals surface area contributed by atoms with Crippen LogP contribution in [0.1, 0.15) is 43.2 Å². The third kappa shape index (κ3) is 2.01. The molecule has 3 nitrogen and oxygen atoms in total. The monoisotopic (exact) mass is 279 g/mol. The number of hydrogen-bond donors (Lipinski definition) is 1. The molecule has 1 aliphatic heterocycles. The van der Waals surface area contributed by atoms with E-state index in [1.807, 2.05) is 18.2 Å². The highest BCUT2D eigenvalue weighted by Gasteiger charge is 2.39. The molecule has 1 aromatic carbocycles. The summed E-state index contributed by atoms with van der Waals surface area (Å²) >= 11 is 0. The quantitative estimate of drug-likeness (QED) is 0.902. The molecule has 3 rings (SSSR count). The number of hydrogen-bond acceptors (Lipinski definition) is 3. The molecule has 0 radical (unpaired) electrons.